The second kappa shape index (κ2) is 3.88. The summed E-state index contributed by atoms with van der Waals surface area (Å²) in [5.41, 5.74) is -0.762. The highest BCUT2D eigenvalue weighted by atomic mass is 35.5. The van der Waals surface area contributed by atoms with Gasteiger partial charge < -0.3 is 4.74 Å². The lowest BCUT2D eigenvalue weighted by molar-refractivity contribution is 0.107. The second-order valence-electron chi connectivity index (χ2n) is 2.34. The predicted molar refractivity (Wildman–Crippen MR) is 43.1 cm³/mol. The Labute approximate surface area is 82.2 Å². The van der Waals surface area contributed by atoms with E-state index in [4.69, 9.17) is 11.6 Å². The molecule has 1 aromatic rings. The zero-order valence-electron chi connectivity index (χ0n) is 6.91. The molecule has 0 aliphatic heterocycles. The van der Waals surface area contributed by atoms with Crippen LogP contribution in [-0.2, 0) is 0 Å². The third-order valence-corrected chi connectivity index (χ3v) is 1.75. The van der Waals surface area contributed by atoms with Crippen LogP contribution in [0, 0.1) is 17.5 Å². The fourth-order valence-electron chi connectivity index (χ4n) is 0.872. The Morgan fingerprint density at radius 2 is 1.86 bits per heavy atom. The molecular formula is C8H4ClF3O2. The Balaban J connectivity index is 3.48. The van der Waals surface area contributed by atoms with Crippen LogP contribution in [-0.4, -0.2) is 12.4 Å². The molecule has 0 radical (unpaired) electrons. The molecule has 0 N–H and O–H groups in total. The summed E-state index contributed by atoms with van der Waals surface area (Å²) in [4.78, 5) is 10.6. The van der Waals surface area contributed by atoms with E-state index in [0.717, 1.165) is 7.11 Å². The van der Waals surface area contributed by atoms with Gasteiger partial charge in [0.05, 0.1) is 12.7 Å². The van der Waals surface area contributed by atoms with Crippen LogP contribution in [0.1, 0.15) is 10.4 Å². The van der Waals surface area contributed by atoms with E-state index in [0.29, 0.717) is 6.07 Å². The summed E-state index contributed by atoms with van der Waals surface area (Å²) < 4.78 is 42.8. The van der Waals surface area contributed by atoms with Gasteiger partial charge in [-0.2, -0.15) is 4.39 Å². The summed E-state index contributed by atoms with van der Waals surface area (Å²) in [7, 11) is 1.05. The molecule has 0 aromatic heterocycles. The molecule has 0 aliphatic rings. The largest absolute Gasteiger partial charge is 0.494 e. The molecular weight excluding hydrogens is 221 g/mol. The zero-order chi connectivity index (χ0) is 10.9. The van der Waals surface area contributed by atoms with Crippen molar-refractivity contribution in [2.75, 3.05) is 7.11 Å². The fourth-order valence-corrected chi connectivity index (χ4v) is 1.01. The van der Waals surface area contributed by atoms with Crippen molar-refractivity contribution in [3.05, 3.63) is 29.1 Å². The molecule has 0 heterocycles. The van der Waals surface area contributed by atoms with Crippen LogP contribution >= 0.6 is 11.6 Å². The summed E-state index contributed by atoms with van der Waals surface area (Å²) in [6.07, 6.45) is 0. The molecule has 14 heavy (non-hydrogen) atoms. The van der Waals surface area contributed by atoms with Crippen molar-refractivity contribution in [3.63, 3.8) is 0 Å². The zero-order valence-corrected chi connectivity index (χ0v) is 7.66. The summed E-state index contributed by atoms with van der Waals surface area (Å²) in [6.45, 7) is 0. The van der Waals surface area contributed by atoms with Crippen LogP contribution in [0.2, 0.25) is 0 Å². The number of benzene rings is 1. The lowest BCUT2D eigenvalue weighted by Crippen LogP contribution is -2.03. The first-order chi connectivity index (χ1) is 6.49. The third-order valence-electron chi connectivity index (χ3n) is 1.55. The molecule has 0 spiro atoms. The Kier molecular flexibility index (Phi) is 3.00. The lowest BCUT2D eigenvalue weighted by atomic mass is 10.2. The molecule has 2 nitrogen and oxygen atoms in total. The van der Waals surface area contributed by atoms with Gasteiger partial charge in [0.1, 0.15) is 0 Å². The number of carbonyl (C=O) groups excluding carboxylic acids is 1. The highest BCUT2D eigenvalue weighted by molar-refractivity contribution is 6.67. The minimum atomic E-state index is -1.78. The molecule has 0 aliphatic carbocycles. The summed E-state index contributed by atoms with van der Waals surface area (Å²) >= 11 is 4.94. The van der Waals surface area contributed by atoms with Crippen LogP contribution in [0.4, 0.5) is 13.2 Å². The molecule has 0 bridgehead atoms. The number of rotatable bonds is 2. The number of ether oxygens (including phenoxy) is 1. The van der Waals surface area contributed by atoms with Crippen molar-refractivity contribution in [2.45, 2.75) is 0 Å². The molecule has 0 unspecified atom stereocenters. The van der Waals surface area contributed by atoms with Gasteiger partial charge in [0.25, 0.3) is 5.24 Å². The van der Waals surface area contributed by atoms with Gasteiger partial charge in [-0.3, -0.25) is 4.79 Å². The number of methoxy groups -OCH3 is 1. The van der Waals surface area contributed by atoms with Crippen molar-refractivity contribution in [1.29, 1.82) is 0 Å². The summed E-state index contributed by atoms with van der Waals surface area (Å²) in [6, 6.07) is 0.697. The van der Waals surface area contributed by atoms with Crippen LogP contribution < -0.4 is 4.74 Å². The maximum atomic E-state index is 12.9. The predicted octanol–water partition coefficient (Wildman–Crippen LogP) is 2.49. The Hall–Kier alpha value is -1.23. The molecule has 1 aromatic carbocycles. The fraction of sp³-hybridized carbons (Fsp3) is 0.125. The van der Waals surface area contributed by atoms with Crippen LogP contribution in [0.15, 0.2) is 6.07 Å². The van der Waals surface area contributed by atoms with E-state index in [-0.39, 0.29) is 0 Å². The number of halogens is 4. The van der Waals surface area contributed by atoms with E-state index in [9.17, 15) is 18.0 Å². The molecule has 1 rings (SSSR count). The first kappa shape index (κ1) is 10.8. The molecule has 0 saturated carbocycles. The third kappa shape index (κ3) is 1.68. The van der Waals surface area contributed by atoms with E-state index < -0.39 is 34.0 Å². The van der Waals surface area contributed by atoms with E-state index in [1.54, 1.807) is 0 Å². The average molecular weight is 225 g/mol. The summed E-state index contributed by atoms with van der Waals surface area (Å²) in [5, 5.41) is -1.22. The molecule has 76 valence electrons. The minimum absolute atomic E-state index is 0.576. The number of carbonyl (C=O) groups is 1. The van der Waals surface area contributed by atoms with Crippen molar-refractivity contribution >= 4 is 16.8 Å². The van der Waals surface area contributed by atoms with Crippen molar-refractivity contribution in [3.8, 4) is 5.75 Å². The van der Waals surface area contributed by atoms with E-state index in [1.165, 1.54) is 0 Å². The molecule has 0 fully saturated rings. The topological polar surface area (TPSA) is 26.3 Å². The van der Waals surface area contributed by atoms with Crippen molar-refractivity contribution in [1.82, 2.24) is 0 Å². The van der Waals surface area contributed by atoms with E-state index >= 15 is 0 Å². The maximum absolute atomic E-state index is 12.9. The smallest absolute Gasteiger partial charge is 0.255 e. The first-order valence-electron chi connectivity index (χ1n) is 3.40. The van der Waals surface area contributed by atoms with Crippen molar-refractivity contribution in [2.24, 2.45) is 0 Å². The first-order valence-corrected chi connectivity index (χ1v) is 3.78. The quantitative estimate of drug-likeness (QED) is 0.570. The maximum Gasteiger partial charge on any atom is 0.255 e. The van der Waals surface area contributed by atoms with Gasteiger partial charge in [0.2, 0.25) is 5.82 Å². The molecule has 0 saturated heterocycles. The minimum Gasteiger partial charge on any atom is -0.494 e. The normalized spacial score (nSPS) is 10.1. The van der Waals surface area contributed by atoms with Gasteiger partial charge in [-0.05, 0) is 17.7 Å². The van der Waals surface area contributed by atoms with Crippen LogP contribution in [0.5, 0.6) is 5.75 Å². The Morgan fingerprint density at radius 1 is 1.29 bits per heavy atom. The Morgan fingerprint density at radius 3 is 2.29 bits per heavy atom. The van der Waals surface area contributed by atoms with Gasteiger partial charge >= 0.3 is 0 Å². The Bertz CT molecular complexity index is 393. The van der Waals surface area contributed by atoms with E-state index in [2.05, 4.69) is 4.74 Å². The molecule has 6 heteroatoms. The van der Waals surface area contributed by atoms with Crippen LogP contribution in [0.3, 0.4) is 0 Å². The molecule has 0 atom stereocenters. The van der Waals surface area contributed by atoms with Crippen molar-refractivity contribution < 1.29 is 22.7 Å². The lowest BCUT2D eigenvalue weighted by Gasteiger charge is -2.05. The standard InChI is InChI=1S/C8H4ClF3O2/c1-14-4-2-3(8(9)13)5(10)7(12)6(4)11/h2H,1H3. The van der Waals surface area contributed by atoms with Gasteiger partial charge in [0.15, 0.2) is 17.4 Å². The monoisotopic (exact) mass is 224 g/mol. The van der Waals surface area contributed by atoms with Gasteiger partial charge in [-0.25, -0.2) is 8.78 Å². The van der Waals surface area contributed by atoms with Crippen LogP contribution in [0.25, 0.3) is 0 Å². The highest BCUT2D eigenvalue weighted by Crippen LogP contribution is 2.26. The van der Waals surface area contributed by atoms with E-state index in [1.807, 2.05) is 0 Å². The molecule has 0 amide bonds. The van der Waals surface area contributed by atoms with Gasteiger partial charge in [-0.1, -0.05) is 0 Å². The highest BCUT2D eigenvalue weighted by Gasteiger charge is 2.22. The summed E-state index contributed by atoms with van der Waals surface area (Å²) in [5.74, 6) is -5.48. The average Bonchev–Trinajstić information content (AvgIpc) is 2.14. The van der Waals surface area contributed by atoms with Gasteiger partial charge in [-0.15, -0.1) is 0 Å². The number of hydrogen-bond acceptors (Lipinski definition) is 2. The SMILES string of the molecule is COc1cc(C(=O)Cl)c(F)c(F)c1F. The second-order valence-corrected chi connectivity index (χ2v) is 2.69. The van der Waals surface area contributed by atoms with Gasteiger partial charge in [0, 0.05) is 0 Å². The number of hydrogen-bond donors (Lipinski definition) is 0.